The zero-order valence-corrected chi connectivity index (χ0v) is 20.2. The summed E-state index contributed by atoms with van der Waals surface area (Å²) >= 11 is 2.34. The smallest absolute Gasteiger partial charge is 0.230 e. The molecular weight excluding hydrogens is 486 g/mol. The minimum atomic E-state index is -3.30. The van der Waals surface area contributed by atoms with Crippen molar-refractivity contribution >= 4 is 48.7 Å². The molecule has 5 N–H and O–H groups in total. The Morgan fingerprint density at radius 1 is 1.00 bits per heavy atom. The zero-order valence-electron chi connectivity index (χ0n) is 17.8. The van der Waals surface area contributed by atoms with Gasteiger partial charge in [0.05, 0.1) is 24.5 Å². The largest absolute Gasteiger partial charge is 0.494 e. The second kappa shape index (κ2) is 12.0. The molecule has 0 spiro atoms. The fourth-order valence-corrected chi connectivity index (χ4v) is 5.52. The van der Waals surface area contributed by atoms with Gasteiger partial charge < -0.3 is 21.5 Å². The molecule has 0 saturated carbocycles. The highest BCUT2D eigenvalue weighted by Gasteiger charge is 2.16. The molecule has 14 heteroatoms. The molecule has 1 amide bonds. The third kappa shape index (κ3) is 8.64. The molecule has 178 valence electrons. The van der Waals surface area contributed by atoms with Crippen LogP contribution >= 0.6 is 22.7 Å². The summed E-state index contributed by atoms with van der Waals surface area (Å²) in [6.07, 6.45) is 1.44. The van der Waals surface area contributed by atoms with Crippen LogP contribution in [0.2, 0.25) is 0 Å². The molecule has 0 saturated heterocycles. The zero-order chi connectivity index (χ0) is 23.7. The van der Waals surface area contributed by atoms with E-state index in [0.717, 1.165) is 29.1 Å². The number of anilines is 2. The molecule has 33 heavy (non-hydrogen) atoms. The maximum atomic E-state index is 12.3. The number of hydrogen-bond acceptors (Lipinski definition) is 12. The number of carbonyl (C=O) groups is 1. The topological polar surface area (TPSA) is 176 Å². The third-order valence-electron chi connectivity index (χ3n) is 4.35. The Balaban J connectivity index is 1.42. The molecule has 11 nitrogen and oxygen atoms in total. The van der Waals surface area contributed by atoms with Crippen LogP contribution in [0.5, 0.6) is 5.75 Å². The van der Waals surface area contributed by atoms with Gasteiger partial charge >= 0.3 is 0 Å². The molecule has 0 bridgehead atoms. The lowest BCUT2D eigenvalue weighted by Gasteiger charge is -2.06. The molecular formula is C19H25N7O4S3. The number of benzene rings is 1. The van der Waals surface area contributed by atoms with Gasteiger partial charge in [-0.15, -0.1) is 20.4 Å². The highest BCUT2D eigenvalue weighted by Crippen LogP contribution is 2.18. The number of nitrogen functional groups attached to an aromatic ring is 1. The van der Waals surface area contributed by atoms with Crippen LogP contribution in [-0.4, -0.2) is 59.4 Å². The van der Waals surface area contributed by atoms with Crippen LogP contribution in [0.15, 0.2) is 24.3 Å². The lowest BCUT2D eigenvalue weighted by atomic mass is 10.1. The molecule has 0 fully saturated rings. The van der Waals surface area contributed by atoms with Crippen molar-refractivity contribution in [3.63, 3.8) is 0 Å². The summed E-state index contributed by atoms with van der Waals surface area (Å²) in [6.45, 7) is 1.12. The Kier molecular flexibility index (Phi) is 9.05. The third-order valence-corrected chi connectivity index (χ3v) is 7.72. The first-order valence-corrected chi connectivity index (χ1v) is 13.6. The summed E-state index contributed by atoms with van der Waals surface area (Å²) < 4.78 is 30.1. The summed E-state index contributed by atoms with van der Waals surface area (Å²) in [5.74, 6) is 0.381. The highest BCUT2D eigenvalue weighted by molar-refractivity contribution is 7.91. The van der Waals surface area contributed by atoms with E-state index in [-0.39, 0.29) is 36.7 Å². The number of aromatic nitrogens is 4. The van der Waals surface area contributed by atoms with E-state index in [1.165, 1.54) is 11.3 Å². The summed E-state index contributed by atoms with van der Waals surface area (Å²) in [4.78, 5) is 12.3. The number of carbonyl (C=O) groups excluding carboxylic acids is 1. The molecule has 2 aromatic heterocycles. The first-order valence-electron chi connectivity index (χ1n) is 10.2. The van der Waals surface area contributed by atoms with Crippen LogP contribution in [0.3, 0.4) is 0 Å². The molecule has 0 radical (unpaired) electrons. The predicted octanol–water partition coefficient (Wildman–Crippen LogP) is 1.08. The maximum Gasteiger partial charge on any atom is 0.230 e. The molecule has 1 aromatic carbocycles. The van der Waals surface area contributed by atoms with E-state index in [0.29, 0.717) is 33.4 Å². The predicted molar refractivity (Wildman–Crippen MR) is 128 cm³/mol. The maximum absolute atomic E-state index is 12.3. The van der Waals surface area contributed by atoms with E-state index in [1.54, 1.807) is 0 Å². The Morgan fingerprint density at radius 2 is 1.67 bits per heavy atom. The first kappa shape index (κ1) is 25.0. The summed E-state index contributed by atoms with van der Waals surface area (Å²) in [5, 5.41) is 19.9. The van der Waals surface area contributed by atoms with Crippen molar-refractivity contribution in [3.8, 4) is 5.75 Å². The van der Waals surface area contributed by atoms with Gasteiger partial charge in [-0.2, -0.15) is 0 Å². The molecule has 0 aliphatic heterocycles. The molecule has 3 aromatic rings. The van der Waals surface area contributed by atoms with E-state index in [1.807, 2.05) is 24.3 Å². The fourth-order valence-electron chi connectivity index (χ4n) is 2.69. The van der Waals surface area contributed by atoms with Crippen molar-refractivity contribution in [2.24, 2.45) is 5.73 Å². The number of rotatable bonds is 13. The summed E-state index contributed by atoms with van der Waals surface area (Å²) in [6, 6.07) is 7.26. The van der Waals surface area contributed by atoms with Crippen molar-refractivity contribution in [1.82, 2.24) is 20.4 Å². The van der Waals surface area contributed by atoms with Crippen molar-refractivity contribution < 1.29 is 17.9 Å². The van der Waals surface area contributed by atoms with E-state index in [9.17, 15) is 13.2 Å². The number of amides is 1. The molecule has 3 rings (SSSR count). The number of aryl methyl sites for hydroxylation is 2. The molecule has 0 atom stereocenters. The van der Waals surface area contributed by atoms with E-state index in [4.69, 9.17) is 16.2 Å². The average molecular weight is 512 g/mol. The second-order valence-electron chi connectivity index (χ2n) is 7.05. The molecule has 2 heterocycles. The minimum Gasteiger partial charge on any atom is -0.494 e. The Bertz CT molecular complexity index is 1150. The standard InChI is InChI=1S/C19H25N7O4S3/c20-8-1-9-30-14-4-2-13(3-5-14)12-15(27)22-19-26-24-17(32-19)7-11-33(28,29)10-6-16-23-25-18(21)31-16/h2-5H,1,6-12,20H2,(H2,21,25)(H,22,26,27). The Hall–Kier alpha value is -2.68. The van der Waals surface area contributed by atoms with Gasteiger partial charge in [0.1, 0.15) is 15.8 Å². The van der Waals surface area contributed by atoms with Gasteiger partial charge in [0.25, 0.3) is 0 Å². The van der Waals surface area contributed by atoms with E-state index >= 15 is 0 Å². The van der Waals surface area contributed by atoms with Gasteiger partial charge in [-0.1, -0.05) is 34.8 Å². The molecule has 0 aliphatic rings. The van der Waals surface area contributed by atoms with Gasteiger partial charge in [0.2, 0.25) is 16.2 Å². The van der Waals surface area contributed by atoms with Crippen LogP contribution in [-0.2, 0) is 33.9 Å². The number of nitrogens with two attached hydrogens (primary N) is 2. The van der Waals surface area contributed by atoms with Crippen LogP contribution < -0.4 is 21.5 Å². The van der Waals surface area contributed by atoms with Crippen molar-refractivity contribution in [2.45, 2.75) is 25.7 Å². The van der Waals surface area contributed by atoms with E-state index < -0.39 is 9.84 Å². The lowest BCUT2D eigenvalue weighted by molar-refractivity contribution is -0.115. The average Bonchev–Trinajstić information content (AvgIpc) is 3.41. The number of hydrogen-bond donors (Lipinski definition) is 3. The molecule has 0 aliphatic carbocycles. The molecule has 0 unspecified atom stereocenters. The Labute approximate surface area is 199 Å². The van der Waals surface area contributed by atoms with Gasteiger partial charge in [0, 0.05) is 12.8 Å². The lowest BCUT2D eigenvalue weighted by Crippen LogP contribution is -2.14. The van der Waals surface area contributed by atoms with Crippen LogP contribution in [0.25, 0.3) is 0 Å². The number of sulfone groups is 1. The van der Waals surface area contributed by atoms with Crippen molar-refractivity contribution in [1.29, 1.82) is 0 Å². The van der Waals surface area contributed by atoms with Gasteiger partial charge in [0.15, 0.2) is 9.84 Å². The van der Waals surface area contributed by atoms with Crippen LogP contribution in [0.1, 0.15) is 22.0 Å². The number of nitrogens with one attached hydrogen (secondary N) is 1. The van der Waals surface area contributed by atoms with Gasteiger partial charge in [-0.05, 0) is 30.7 Å². The summed E-state index contributed by atoms with van der Waals surface area (Å²) in [5.41, 5.74) is 11.8. The fraction of sp³-hybridized carbons (Fsp3) is 0.421. The highest BCUT2D eigenvalue weighted by atomic mass is 32.2. The quantitative estimate of drug-likeness (QED) is 0.281. The van der Waals surface area contributed by atoms with Gasteiger partial charge in [-0.25, -0.2) is 8.42 Å². The minimum absolute atomic E-state index is 0.0408. The second-order valence-corrected chi connectivity index (χ2v) is 11.5. The monoisotopic (exact) mass is 511 g/mol. The van der Waals surface area contributed by atoms with Crippen LogP contribution in [0, 0.1) is 0 Å². The number of nitrogens with zero attached hydrogens (tertiary/aromatic N) is 4. The van der Waals surface area contributed by atoms with Crippen molar-refractivity contribution in [3.05, 3.63) is 39.8 Å². The summed E-state index contributed by atoms with van der Waals surface area (Å²) in [7, 11) is -3.30. The Morgan fingerprint density at radius 3 is 2.30 bits per heavy atom. The SMILES string of the molecule is NCCCOc1ccc(CC(=O)Nc2nnc(CCS(=O)(=O)CCc3nnc(N)s3)s2)cc1. The number of ether oxygens (including phenoxy) is 1. The first-order chi connectivity index (χ1) is 15.8. The van der Waals surface area contributed by atoms with Crippen LogP contribution in [0.4, 0.5) is 10.3 Å². The van der Waals surface area contributed by atoms with E-state index in [2.05, 4.69) is 25.7 Å². The van der Waals surface area contributed by atoms with Gasteiger partial charge in [-0.3, -0.25) is 4.79 Å². The van der Waals surface area contributed by atoms with Crippen molar-refractivity contribution in [2.75, 3.05) is 35.7 Å². The normalized spacial score (nSPS) is 11.4.